The lowest BCUT2D eigenvalue weighted by molar-refractivity contribution is -0.212. The van der Waals surface area contributed by atoms with Gasteiger partial charge in [-0.3, -0.25) is 0 Å². The quantitative estimate of drug-likeness (QED) is 0.778. The normalized spacial score (nSPS) is 11.9. The maximum Gasteiger partial charge on any atom is 0.504 e. The molecule has 0 unspecified atom stereocenters. The minimum absolute atomic E-state index is 0.0970. The van der Waals surface area contributed by atoms with Crippen molar-refractivity contribution in [2.45, 2.75) is 6.30 Å². The smallest absolute Gasteiger partial charge is 0.396 e. The Morgan fingerprint density at radius 2 is 1.87 bits per heavy atom. The number of nitrogens with zero attached hydrogens (tertiary/aromatic N) is 4. The molecular weight excluding hydrogens is 211 g/mol. The lowest BCUT2D eigenvalue weighted by atomic mass is 10.5. The van der Waals surface area contributed by atoms with Gasteiger partial charge in [-0.15, -0.1) is 13.2 Å². The van der Waals surface area contributed by atoms with Gasteiger partial charge in [0.15, 0.2) is 0 Å². The second-order valence-corrected chi connectivity index (χ2v) is 2.83. The number of aromatic nitrogens is 4. The van der Waals surface area contributed by atoms with Gasteiger partial charge in [0.2, 0.25) is 0 Å². The third-order valence-electron chi connectivity index (χ3n) is 1.70. The van der Waals surface area contributed by atoms with Crippen LogP contribution in [0.15, 0.2) is 24.8 Å². The van der Waals surface area contributed by atoms with Crippen molar-refractivity contribution in [2.75, 3.05) is 5.73 Å². The topological polar surface area (TPSA) is 61.7 Å². The van der Waals surface area contributed by atoms with Gasteiger partial charge in [0, 0.05) is 0 Å². The van der Waals surface area contributed by atoms with Crippen LogP contribution < -0.4 is 5.73 Å². The monoisotopic (exact) mass is 217 g/mol. The predicted octanol–water partition coefficient (Wildman–Crippen LogP) is 1.13. The molecule has 0 saturated carbocycles. The van der Waals surface area contributed by atoms with Crippen LogP contribution in [0.3, 0.4) is 0 Å². The zero-order valence-corrected chi connectivity index (χ0v) is 7.31. The Bertz CT molecular complexity index is 469. The summed E-state index contributed by atoms with van der Waals surface area (Å²) in [6.45, 7) is 0. The largest absolute Gasteiger partial charge is 0.504 e. The van der Waals surface area contributed by atoms with Crippen molar-refractivity contribution in [1.29, 1.82) is 0 Å². The molecule has 0 aliphatic heterocycles. The van der Waals surface area contributed by atoms with Crippen LogP contribution in [0.1, 0.15) is 0 Å². The number of alkyl halides is 3. The SMILES string of the molecule is Nc1cnn(-c2cnn(C(F)(F)F)c2)c1. The summed E-state index contributed by atoms with van der Waals surface area (Å²) in [6.07, 6.45) is 0.103. The average Bonchev–Trinajstić information content (AvgIpc) is 2.69. The highest BCUT2D eigenvalue weighted by Crippen LogP contribution is 2.22. The van der Waals surface area contributed by atoms with Crippen LogP contribution in [0, 0.1) is 0 Å². The molecular formula is C7H6F3N5. The molecule has 80 valence electrons. The number of halogens is 3. The molecule has 0 radical (unpaired) electrons. The van der Waals surface area contributed by atoms with Gasteiger partial charge in [-0.25, -0.2) is 4.68 Å². The molecule has 0 atom stereocenters. The molecule has 0 bridgehead atoms. The first-order valence-electron chi connectivity index (χ1n) is 3.89. The molecule has 2 aromatic heterocycles. The lowest BCUT2D eigenvalue weighted by Crippen LogP contribution is -2.16. The molecule has 8 heteroatoms. The van der Waals surface area contributed by atoms with Crippen LogP contribution in [-0.2, 0) is 6.30 Å². The van der Waals surface area contributed by atoms with Crippen molar-refractivity contribution < 1.29 is 13.2 Å². The summed E-state index contributed by atoms with van der Waals surface area (Å²) in [7, 11) is 0. The first kappa shape index (κ1) is 9.56. The molecule has 5 nitrogen and oxygen atoms in total. The molecule has 15 heavy (non-hydrogen) atoms. The molecule has 0 aliphatic rings. The molecule has 0 aliphatic carbocycles. The highest BCUT2D eigenvalue weighted by molar-refractivity contribution is 5.35. The van der Waals surface area contributed by atoms with Crippen molar-refractivity contribution in [1.82, 2.24) is 19.6 Å². The molecule has 2 rings (SSSR count). The van der Waals surface area contributed by atoms with Gasteiger partial charge < -0.3 is 5.73 Å². The Morgan fingerprint density at radius 1 is 1.13 bits per heavy atom. The summed E-state index contributed by atoms with van der Waals surface area (Å²) < 4.78 is 37.6. The maximum atomic E-state index is 12.2. The summed E-state index contributed by atoms with van der Waals surface area (Å²) in [5, 5.41) is 6.92. The second kappa shape index (κ2) is 3.01. The number of hydrogen-bond donors (Lipinski definition) is 1. The van der Waals surface area contributed by atoms with Crippen molar-refractivity contribution in [3.63, 3.8) is 0 Å². The van der Waals surface area contributed by atoms with E-state index in [4.69, 9.17) is 5.73 Å². The van der Waals surface area contributed by atoms with Crippen LogP contribution >= 0.6 is 0 Å². The number of nitrogens with two attached hydrogens (primary N) is 1. The summed E-state index contributed by atoms with van der Waals surface area (Å²) in [5.41, 5.74) is 5.94. The average molecular weight is 217 g/mol. The number of hydrogen-bond acceptors (Lipinski definition) is 3. The Hall–Kier alpha value is -1.99. The highest BCUT2D eigenvalue weighted by Gasteiger charge is 2.31. The summed E-state index contributed by atoms with van der Waals surface area (Å²) >= 11 is 0. The van der Waals surface area contributed by atoms with Crippen LogP contribution in [0.5, 0.6) is 0 Å². The van der Waals surface area contributed by atoms with Gasteiger partial charge in [-0.2, -0.15) is 14.9 Å². The maximum absolute atomic E-state index is 12.2. The molecule has 2 aromatic rings. The predicted molar refractivity (Wildman–Crippen MR) is 45.1 cm³/mol. The zero-order valence-electron chi connectivity index (χ0n) is 7.31. The molecule has 0 amide bonds. The van der Waals surface area contributed by atoms with E-state index in [1.54, 1.807) is 0 Å². The molecule has 0 aromatic carbocycles. The van der Waals surface area contributed by atoms with Crippen molar-refractivity contribution in [2.24, 2.45) is 0 Å². The van der Waals surface area contributed by atoms with E-state index in [1.165, 1.54) is 17.1 Å². The fourth-order valence-electron chi connectivity index (χ4n) is 1.05. The van der Waals surface area contributed by atoms with Crippen LogP contribution in [0.4, 0.5) is 18.9 Å². The van der Waals surface area contributed by atoms with Gasteiger partial charge in [-0.05, 0) is 0 Å². The van der Waals surface area contributed by atoms with E-state index in [2.05, 4.69) is 10.2 Å². The van der Waals surface area contributed by atoms with E-state index in [0.29, 0.717) is 5.69 Å². The Kier molecular flexibility index (Phi) is 1.92. The standard InChI is InChI=1S/C7H6F3N5/c8-7(9,10)15-4-6(2-13-15)14-3-5(11)1-12-14/h1-4H,11H2. The Labute approximate surface area is 81.9 Å². The minimum atomic E-state index is -4.52. The van der Waals surface area contributed by atoms with E-state index in [-0.39, 0.29) is 10.4 Å². The van der Waals surface area contributed by atoms with Crippen LogP contribution in [0.25, 0.3) is 5.69 Å². The molecule has 2 N–H and O–H groups in total. The lowest BCUT2D eigenvalue weighted by Gasteiger charge is -2.03. The molecule has 0 saturated heterocycles. The fraction of sp³-hybridized carbons (Fsp3) is 0.143. The van der Waals surface area contributed by atoms with Gasteiger partial charge >= 0.3 is 6.30 Å². The van der Waals surface area contributed by atoms with Gasteiger partial charge in [0.05, 0.1) is 30.5 Å². The Balaban J connectivity index is 2.36. The third-order valence-corrected chi connectivity index (χ3v) is 1.70. The highest BCUT2D eigenvalue weighted by atomic mass is 19.4. The van der Waals surface area contributed by atoms with Crippen molar-refractivity contribution in [3.05, 3.63) is 24.8 Å². The zero-order chi connectivity index (χ0) is 11.1. The molecule has 2 heterocycles. The van der Waals surface area contributed by atoms with Gasteiger partial charge in [-0.1, -0.05) is 0 Å². The van der Waals surface area contributed by atoms with Crippen LogP contribution in [-0.4, -0.2) is 19.6 Å². The number of nitrogen functional groups attached to an aromatic ring is 1. The second-order valence-electron chi connectivity index (χ2n) is 2.83. The fourth-order valence-corrected chi connectivity index (χ4v) is 1.05. The Morgan fingerprint density at radius 3 is 2.33 bits per heavy atom. The van der Waals surface area contributed by atoms with Crippen LogP contribution in [0.2, 0.25) is 0 Å². The number of rotatable bonds is 1. The van der Waals surface area contributed by atoms with E-state index in [9.17, 15) is 13.2 Å². The van der Waals surface area contributed by atoms with E-state index < -0.39 is 6.30 Å². The first-order chi connectivity index (χ1) is 6.97. The van der Waals surface area contributed by atoms with E-state index >= 15 is 0 Å². The van der Waals surface area contributed by atoms with Gasteiger partial charge in [0.25, 0.3) is 0 Å². The molecule has 0 fully saturated rings. The van der Waals surface area contributed by atoms with Crippen molar-refractivity contribution >= 4 is 5.69 Å². The first-order valence-corrected chi connectivity index (χ1v) is 3.89. The number of anilines is 1. The van der Waals surface area contributed by atoms with Crippen molar-refractivity contribution in [3.8, 4) is 5.69 Å². The summed E-state index contributed by atoms with van der Waals surface area (Å²) in [5.74, 6) is 0. The molecule has 0 spiro atoms. The summed E-state index contributed by atoms with van der Waals surface area (Å²) in [4.78, 5) is 0. The summed E-state index contributed by atoms with van der Waals surface area (Å²) in [6, 6.07) is 0. The van der Waals surface area contributed by atoms with E-state index in [1.807, 2.05) is 0 Å². The van der Waals surface area contributed by atoms with E-state index in [0.717, 1.165) is 12.4 Å². The minimum Gasteiger partial charge on any atom is -0.396 e. The third kappa shape index (κ3) is 1.78. The van der Waals surface area contributed by atoms with Gasteiger partial charge in [0.1, 0.15) is 5.69 Å².